The average molecular weight is 492 g/mol. The number of hydrogen-bond donors (Lipinski definition) is 3. The van der Waals surface area contributed by atoms with Crippen molar-refractivity contribution in [3.05, 3.63) is 59.0 Å². The van der Waals surface area contributed by atoms with E-state index in [1.54, 1.807) is 24.3 Å². The van der Waals surface area contributed by atoms with Crippen molar-refractivity contribution in [1.82, 2.24) is 4.90 Å². The number of imide groups is 1. The monoisotopic (exact) mass is 491 g/mol. The number of sulfonamides is 1. The molecule has 13 heteroatoms. The van der Waals surface area contributed by atoms with Gasteiger partial charge in [-0.2, -0.15) is 0 Å². The van der Waals surface area contributed by atoms with Crippen LogP contribution in [0.2, 0.25) is 0 Å². The summed E-state index contributed by atoms with van der Waals surface area (Å²) in [6, 6.07) is 11.7. The molecule has 0 radical (unpaired) electrons. The number of nitrogens with one attached hydrogen (secondary N) is 1. The van der Waals surface area contributed by atoms with E-state index in [1.807, 2.05) is 0 Å². The normalized spacial score (nSPS) is 15.1. The number of rotatable bonds is 8. The fourth-order valence-electron chi connectivity index (χ4n) is 2.71. The maximum absolute atomic E-state index is 12.3. The smallest absolute Gasteiger partial charge is 0.323 e. The van der Waals surface area contributed by atoms with Crippen LogP contribution in [0.5, 0.6) is 5.75 Å². The van der Waals surface area contributed by atoms with Crippen LogP contribution in [0.25, 0.3) is 6.08 Å². The number of primary sulfonamides is 1. The number of nitrogens with zero attached hydrogens (tertiary/aromatic N) is 1. The second-order valence-corrected chi connectivity index (χ2v) is 9.16. The lowest BCUT2D eigenvalue weighted by atomic mass is 10.2. The van der Waals surface area contributed by atoms with Gasteiger partial charge in [0.2, 0.25) is 10.0 Å². The van der Waals surface area contributed by atoms with E-state index in [-0.39, 0.29) is 15.6 Å². The Kier molecular flexibility index (Phi) is 7.16. The Morgan fingerprint density at radius 2 is 1.79 bits per heavy atom. The van der Waals surface area contributed by atoms with Gasteiger partial charge in [-0.15, -0.1) is 0 Å². The Hall–Kier alpha value is -3.68. The Morgan fingerprint density at radius 3 is 2.42 bits per heavy atom. The summed E-state index contributed by atoms with van der Waals surface area (Å²) >= 11 is 0.605. The zero-order valence-corrected chi connectivity index (χ0v) is 18.4. The summed E-state index contributed by atoms with van der Waals surface area (Å²) in [6.07, 6.45) is 1.38. The number of carbonyl (C=O) groups excluding carboxylic acids is 3. The predicted octanol–water partition coefficient (Wildman–Crippen LogP) is 1.47. The molecule has 172 valence electrons. The summed E-state index contributed by atoms with van der Waals surface area (Å²) in [5.41, 5.74) is 0.736. The molecule has 0 spiro atoms. The molecule has 33 heavy (non-hydrogen) atoms. The molecule has 1 heterocycles. The Morgan fingerprint density at radius 1 is 1.12 bits per heavy atom. The van der Waals surface area contributed by atoms with E-state index < -0.39 is 46.2 Å². The molecule has 3 rings (SSSR count). The molecular formula is C20H17N3O8S2. The van der Waals surface area contributed by atoms with Crippen LogP contribution in [0, 0.1) is 0 Å². The van der Waals surface area contributed by atoms with Crippen molar-refractivity contribution >= 4 is 56.6 Å². The maximum atomic E-state index is 12.3. The van der Waals surface area contributed by atoms with Crippen LogP contribution in [0.4, 0.5) is 10.5 Å². The first-order valence-electron chi connectivity index (χ1n) is 9.16. The van der Waals surface area contributed by atoms with E-state index in [0.717, 1.165) is 0 Å². The van der Waals surface area contributed by atoms with Gasteiger partial charge in [0.1, 0.15) is 12.3 Å². The van der Waals surface area contributed by atoms with E-state index in [2.05, 4.69) is 5.32 Å². The lowest BCUT2D eigenvalue weighted by Gasteiger charge is -2.10. The molecule has 0 atom stereocenters. The summed E-state index contributed by atoms with van der Waals surface area (Å²) < 4.78 is 28.1. The van der Waals surface area contributed by atoms with Crippen LogP contribution in [-0.2, 0) is 24.4 Å². The quantitative estimate of drug-likeness (QED) is 0.462. The van der Waals surface area contributed by atoms with Crippen LogP contribution in [0.3, 0.4) is 0 Å². The number of thioether (sulfide) groups is 1. The molecule has 0 bridgehead atoms. The Balaban J connectivity index is 1.67. The summed E-state index contributed by atoms with van der Waals surface area (Å²) in [7, 11) is -3.85. The number of para-hydroxylation sites is 1. The van der Waals surface area contributed by atoms with Crippen molar-refractivity contribution in [3.63, 3.8) is 0 Å². The highest BCUT2D eigenvalue weighted by Gasteiger charge is 2.36. The molecule has 1 aliphatic heterocycles. The summed E-state index contributed by atoms with van der Waals surface area (Å²) in [5.74, 6) is -2.33. The van der Waals surface area contributed by atoms with Gasteiger partial charge in [-0.25, -0.2) is 13.6 Å². The second kappa shape index (κ2) is 9.85. The number of benzene rings is 2. The lowest BCUT2D eigenvalue weighted by molar-refractivity contribution is -0.140. The van der Waals surface area contributed by atoms with Crippen LogP contribution in [0.15, 0.2) is 58.3 Å². The van der Waals surface area contributed by atoms with E-state index in [0.29, 0.717) is 27.9 Å². The molecule has 1 fully saturated rings. The third kappa shape index (κ3) is 6.19. The van der Waals surface area contributed by atoms with Crippen molar-refractivity contribution in [1.29, 1.82) is 0 Å². The average Bonchev–Trinajstić information content (AvgIpc) is 3.00. The number of aliphatic carboxylic acids is 1. The fourth-order valence-corrected chi connectivity index (χ4v) is 4.06. The molecular weight excluding hydrogens is 474 g/mol. The van der Waals surface area contributed by atoms with Crippen molar-refractivity contribution in [3.8, 4) is 5.75 Å². The lowest BCUT2D eigenvalue weighted by Crippen LogP contribution is -2.33. The molecule has 0 unspecified atom stereocenters. The summed E-state index contributed by atoms with van der Waals surface area (Å²) in [5, 5.41) is 15.7. The van der Waals surface area contributed by atoms with Gasteiger partial charge in [0, 0.05) is 11.3 Å². The van der Waals surface area contributed by atoms with Crippen LogP contribution < -0.4 is 15.2 Å². The number of amides is 3. The van der Waals surface area contributed by atoms with E-state index in [9.17, 15) is 27.6 Å². The van der Waals surface area contributed by atoms with Crippen molar-refractivity contribution in [2.45, 2.75) is 4.90 Å². The van der Waals surface area contributed by atoms with Gasteiger partial charge in [-0.1, -0.05) is 18.2 Å². The van der Waals surface area contributed by atoms with Gasteiger partial charge in [0.15, 0.2) is 6.61 Å². The number of anilines is 1. The zero-order valence-electron chi connectivity index (χ0n) is 16.8. The first-order valence-corrected chi connectivity index (χ1v) is 11.5. The molecule has 0 aliphatic carbocycles. The van der Waals surface area contributed by atoms with E-state index >= 15 is 0 Å². The summed E-state index contributed by atoms with van der Waals surface area (Å²) in [6.45, 7) is -1.14. The minimum atomic E-state index is -3.85. The number of carboxylic acids is 1. The van der Waals surface area contributed by atoms with Gasteiger partial charge in [0.05, 0.1) is 9.80 Å². The van der Waals surface area contributed by atoms with Crippen LogP contribution >= 0.6 is 11.8 Å². The largest absolute Gasteiger partial charge is 0.483 e. The van der Waals surface area contributed by atoms with Crippen molar-refractivity contribution < 1.29 is 37.4 Å². The van der Waals surface area contributed by atoms with Crippen molar-refractivity contribution in [2.24, 2.45) is 5.14 Å². The minimum absolute atomic E-state index is 0.0247. The van der Waals surface area contributed by atoms with Gasteiger partial charge >= 0.3 is 5.97 Å². The van der Waals surface area contributed by atoms with Crippen LogP contribution in [0.1, 0.15) is 5.56 Å². The van der Waals surface area contributed by atoms with Gasteiger partial charge in [-0.05, 0) is 48.2 Å². The maximum Gasteiger partial charge on any atom is 0.323 e. The minimum Gasteiger partial charge on any atom is -0.483 e. The third-order valence-electron chi connectivity index (χ3n) is 4.20. The Bertz CT molecular complexity index is 1260. The number of nitrogens with two attached hydrogens (primary N) is 1. The van der Waals surface area contributed by atoms with E-state index in [4.69, 9.17) is 15.0 Å². The van der Waals surface area contributed by atoms with E-state index in [1.165, 1.54) is 30.3 Å². The molecule has 2 aromatic carbocycles. The number of ether oxygens (including phenoxy) is 1. The SMILES string of the molecule is NS(=O)(=O)c1ccc(NC(=O)COc2ccccc2/C=C2\SC(=O)N(CC(=O)O)C2=O)cc1. The van der Waals surface area contributed by atoms with Gasteiger partial charge in [0.25, 0.3) is 17.1 Å². The van der Waals surface area contributed by atoms with Crippen LogP contribution in [-0.4, -0.2) is 54.6 Å². The highest BCUT2D eigenvalue weighted by molar-refractivity contribution is 8.18. The van der Waals surface area contributed by atoms with Gasteiger partial charge < -0.3 is 15.2 Å². The molecule has 0 aromatic heterocycles. The summed E-state index contributed by atoms with van der Waals surface area (Å²) in [4.78, 5) is 47.8. The van der Waals surface area contributed by atoms with Gasteiger partial charge in [-0.3, -0.25) is 24.1 Å². The molecule has 2 aromatic rings. The first-order chi connectivity index (χ1) is 15.5. The number of carboxylic acid groups (broad SMARTS) is 1. The molecule has 3 amide bonds. The van der Waals surface area contributed by atoms with Crippen molar-refractivity contribution in [2.75, 3.05) is 18.5 Å². The highest BCUT2D eigenvalue weighted by Crippen LogP contribution is 2.33. The molecule has 0 saturated carbocycles. The topological polar surface area (TPSA) is 173 Å². The molecule has 11 nitrogen and oxygen atoms in total. The first kappa shape index (κ1) is 24.0. The molecule has 1 saturated heterocycles. The number of hydrogen-bond acceptors (Lipinski definition) is 8. The fraction of sp³-hybridized carbons (Fsp3) is 0.100. The molecule has 1 aliphatic rings. The third-order valence-corrected chi connectivity index (χ3v) is 6.03. The number of carbonyl (C=O) groups is 4. The Labute approximate surface area is 192 Å². The zero-order chi connectivity index (χ0) is 24.2. The predicted molar refractivity (Wildman–Crippen MR) is 119 cm³/mol. The standard InChI is InChI=1S/C20H17N3O8S2/c21-33(29,30)14-7-5-13(6-8-14)22-17(24)11-31-15-4-2-1-3-12(15)9-16-19(27)23(10-18(25)26)20(28)32-16/h1-9H,10-11H2,(H,22,24)(H,25,26)(H2,21,29,30)/b16-9-. The molecule has 4 N–H and O–H groups in total. The highest BCUT2D eigenvalue weighted by atomic mass is 32.2. The second-order valence-electron chi connectivity index (χ2n) is 6.61.